The van der Waals surface area contributed by atoms with Crippen LogP contribution in [0.4, 0.5) is 8.78 Å². The molecule has 6 nitrogen and oxygen atoms in total. The van der Waals surface area contributed by atoms with Gasteiger partial charge in [0, 0.05) is 23.9 Å². The van der Waals surface area contributed by atoms with E-state index in [-0.39, 0.29) is 29.0 Å². The highest BCUT2D eigenvalue weighted by molar-refractivity contribution is 5.95. The van der Waals surface area contributed by atoms with Crippen LogP contribution in [0.5, 0.6) is 11.5 Å². The summed E-state index contributed by atoms with van der Waals surface area (Å²) < 4.78 is 36.3. The van der Waals surface area contributed by atoms with Crippen molar-refractivity contribution in [3.63, 3.8) is 0 Å². The molecule has 8 heteroatoms. The van der Waals surface area contributed by atoms with Crippen molar-refractivity contribution in [1.82, 2.24) is 15.1 Å². The Bertz CT molecular complexity index is 776. The number of hydrogen-bond acceptors (Lipinski definition) is 4. The molecule has 25 heavy (non-hydrogen) atoms. The molecule has 3 rings (SSSR count). The topological polar surface area (TPSA) is 65.4 Å². The van der Waals surface area contributed by atoms with Crippen LogP contribution in [-0.2, 0) is 13.5 Å². The van der Waals surface area contributed by atoms with E-state index in [2.05, 4.69) is 15.2 Å². The van der Waals surface area contributed by atoms with E-state index in [4.69, 9.17) is 4.74 Å². The Morgan fingerprint density at radius 1 is 1.40 bits per heavy atom. The van der Waals surface area contributed by atoms with Gasteiger partial charge in [-0.05, 0) is 37.5 Å². The largest absolute Gasteiger partial charge is 0.493 e. The van der Waals surface area contributed by atoms with Crippen molar-refractivity contribution in [3.8, 4) is 11.5 Å². The SMILES string of the molecule is COc1ccc(C(=O)N[C@H]2CCCc3c2cnn3C)cc1OC(F)F. The molecule has 0 bridgehead atoms. The zero-order chi connectivity index (χ0) is 18.0. The molecule has 134 valence electrons. The number of carbonyl (C=O) groups excluding carboxylic acids is 1. The van der Waals surface area contributed by atoms with Crippen LogP contribution in [0.2, 0.25) is 0 Å². The Morgan fingerprint density at radius 2 is 2.20 bits per heavy atom. The van der Waals surface area contributed by atoms with E-state index < -0.39 is 6.61 Å². The van der Waals surface area contributed by atoms with Crippen molar-refractivity contribution in [2.45, 2.75) is 31.9 Å². The third kappa shape index (κ3) is 3.57. The van der Waals surface area contributed by atoms with E-state index in [1.165, 1.54) is 25.3 Å². The Balaban J connectivity index is 1.80. The number of hydrogen-bond donors (Lipinski definition) is 1. The molecule has 1 atom stereocenters. The molecule has 2 aromatic rings. The quantitative estimate of drug-likeness (QED) is 0.900. The maximum Gasteiger partial charge on any atom is 0.387 e. The van der Waals surface area contributed by atoms with Crippen LogP contribution in [-0.4, -0.2) is 29.4 Å². The molecule has 1 aromatic carbocycles. The number of fused-ring (bicyclic) bond motifs is 1. The number of amides is 1. The van der Waals surface area contributed by atoms with E-state index in [1.807, 2.05) is 11.7 Å². The second-order valence-corrected chi connectivity index (χ2v) is 5.83. The van der Waals surface area contributed by atoms with Crippen LogP contribution in [0, 0.1) is 0 Å². The smallest absolute Gasteiger partial charge is 0.387 e. The van der Waals surface area contributed by atoms with Gasteiger partial charge in [-0.3, -0.25) is 9.48 Å². The maximum absolute atomic E-state index is 12.5. The summed E-state index contributed by atoms with van der Waals surface area (Å²) in [6.45, 7) is -3.00. The van der Waals surface area contributed by atoms with Gasteiger partial charge in [0.05, 0.1) is 19.3 Å². The number of aryl methyl sites for hydroxylation is 1. The summed E-state index contributed by atoms with van der Waals surface area (Å²) in [4.78, 5) is 12.5. The van der Waals surface area contributed by atoms with Gasteiger partial charge in [-0.15, -0.1) is 0 Å². The van der Waals surface area contributed by atoms with Gasteiger partial charge in [-0.1, -0.05) is 0 Å². The predicted molar refractivity (Wildman–Crippen MR) is 86.0 cm³/mol. The lowest BCUT2D eigenvalue weighted by atomic mass is 9.92. The van der Waals surface area contributed by atoms with Gasteiger partial charge < -0.3 is 14.8 Å². The number of aromatic nitrogens is 2. The molecule has 0 saturated carbocycles. The van der Waals surface area contributed by atoms with Crippen molar-refractivity contribution in [3.05, 3.63) is 41.2 Å². The van der Waals surface area contributed by atoms with Crippen LogP contribution < -0.4 is 14.8 Å². The average molecular weight is 351 g/mol. The first-order valence-electron chi connectivity index (χ1n) is 7.94. The van der Waals surface area contributed by atoms with Crippen LogP contribution in [0.25, 0.3) is 0 Å². The number of rotatable bonds is 5. The minimum atomic E-state index is -3.00. The van der Waals surface area contributed by atoms with Crippen LogP contribution in [0.15, 0.2) is 24.4 Å². The van der Waals surface area contributed by atoms with Crippen LogP contribution in [0.3, 0.4) is 0 Å². The summed E-state index contributed by atoms with van der Waals surface area (Å²) >= 11 is 0. The number of ether oxygens (including phenoxy) is 2. The van der Waals surface area contributed by atoms with Gasteiger partial charge in [-0.2, -0.15) is 13.9 Å². The Morgan fingerprint density at radius 3 is 2.92 bits per heavy atom. The first-order chi connectivity index (χ1) is 12.0. The molecule has 0 saturated heterocycles. The van der Waals surface area contributed by atoms with E-state index in [9.17, 15) is 13.6 Å². The Kier molecular flexibility index (Phi) is 4.87. The third-order valence-electron chi connectivity index (χ3n) is 4.32. The van der Waals surface area contributed by atoms with Crippen LogP contribution >= 0.6 is 0 Å². The molecular weight excluding hydrogens is 332 g/mol. The molecule has 1 amide bonds. The first kappa shape index (κ1) is 17.2. The Hall–Kier alpha value is -2.64. The summed E-state index contributed by atoms with van der Waals surface area (Å²) in [7, 11) is 3.22. The van der Waals surface area contributed by atoms with Crippen molar-refractivity contribution in [1.29, 1.82) is 0 Å². The summed E-state index contributed by atoms with van der Waals surface area (Å²) in [5.74, 6) is -0.386. The summed E-state index contributed by atoms with van der Waals surface area (Å²) in [6, 6.07) is 4.06. The summed E-state index contributed by atoms with van der Waals surface area (Å²) in [5.41, 5.74) is 2.33. The fourth-order valence-electron chi connectivity index (χ4n) is 3.10. The second kappa shape index (κ2) is 7.08. The number of alkyl halides is 2. The highest BCUT2D eigenvalue weighted by atomic mass is 19.3. The Labute approximate surface area is 143 Å². The molecular formula is C17H19F2N3O3. The van der Waals surface area contributed by atoms with Crippen molar-refractivity contribution in [2.75, 3.05) is 7.11 Å². The molecule has 0 radical (unpaired) electrons. The molecule has 1 heterocycles. The second-order valence-electron chi connectivity index (χ2n) is 5.83. The molecule has 0 spiro atoms. The predicted octanol–water partition coefficient (Wildman–Crippen LogP) is 2.84. The van der Waals surface area contributed by atoms with E-state index >= 15 is 0 Å². The van der Waals surface area contributed by atoms with E-state index in [1.54, 1.807) is 6.20 Å². The minimum absolute atomic E-state index is 0.143. The average Bonchev–Trinajstić information content (AvgIpc) is 2.96. The van der Waals surface area contributed by atoms with Gasteiger partial charge >= 0.3 is 6.61 Å². The standard InChI is InChI=1S/C17H19F2N3O3/c1-22-13-5-3-4-12(11(13)9-20-22)21-16(23)10-6-7-14(24-2)15(8-10)25-17(18)19/h6-9,12,17H,3-5H2,1-2H3,(H,21,23)/t12-/m0/s1. The number of halogens is 2. The maximum atomic E-state index is 12.5. The van der Waals surface area contributed by atoms with E-state index in [0.717, 1.165) is 30.5 Å². The molecule has 0 unspecified atom stereocenters. The van der Waals surface area contributed by atoms with Crippen molar-refractivity contribution >= 4 is 5.91 Å². The summed E-state index contributed by atoms with van der Waals surface area (Å²) in [5, 5.41) is 7.19. The van der Waals surface area contributed by atoms with Crippen molar-refractivity contribution in [2.24, 2.45) is 7.05 Å². The van der Waals surface area contributed by atoms with Gasteiger partial charge in [0.2, 0.25) is 0 Å². The van der Waals surface area contributed by atoms with Gasteiger partial charge in [0.15, 0.2) is 11.5 Å². The van der Waals surface area contributed by atoms with Gasteiger partial charge in [0.1, 0.15) is 0 Å². The summed E-state index contributed by atoms with van der Waals surface area (Å²) in [6.07, 6.45) is 4.44. The third-order valence-corrected chi connectivity index (χ3v) is 4.32. The monoisotopic (exact) mass is 351 g/mol. The molecule has 1 N–H and O–H groups in total. The zero-order valence-corrected chi connectivity index (χ0v) is 14.0. The highest BCUT2D eigenvalue weighted by Crippen LogP contribution is 2.31. The lowest BCUT2D eigenvalue weighted by molar-refractivity contribution is -0.0512. The van der Waals surface area contributed by atoms with Crippen molar-refractivity contribution < 1.29 is 23.0 Å². The van der Waals surface area contributed by atoms with E-state index in [0.29, 0.717) is 0 Å². The molecule has 1 aliphatic carbocycles. The highest BCUT2D eigenvalue weighted by Gasteiger charge is 2.25. The van der Waals surface area contributed by atoms with Crippen LogP contribution in [0.1, 0.15) is 40.5 Å². The normalized spacial score (nSPS) is 16.4. The minimum Gasteiger partial charge on any atom is -0.493 e. The molecule has 0 aliphatic heterocycles. The first-order valence-corrected chi connectivity index (χ1v) is 7.94. The lowest BCUT2D eigenvalue weighted by Crippen LogP contribution is -2.31. The molecule has 0 fully saturated rings. The fourth-order valence-corrected chi connectivity index (χ4v) is 3.10. The van der Waals surface area contributed by atoms with Gasteiger partial charge in [-0.25, -0.2) is 0 Å². The number of benzene rings is 1. The number of nitrogens with zero attached hydrogens (tertiary/aromatic N) is 2. The number of nitrogens with one attached hydrogen (secondary N) is 1. The molecule has 1 aliphatic rings. The lowest BCUT2D eigenvalue weighted by Gasteiger charge is -2.24. The number of carbonyl (C=O) groups is 1. The zero-order valence-electron chi connectivity index (χ0n) is 14.0. The van der Waals surface area contributed by atoms with Gasteiger partial charge in [0.25, 0.3) is 5.91 Å². The number of methoxy groups -OCH3 is 1. The fraction of sp³-hybridized carbons (Fsp3) is 0.412. The molecule has 1 aromatic heterocycles.